The van der Waals surface area contributed by atoms with Crippen molar-refractivity contribution in [1.82, 2.24) is 24.4 Å². The van der Waals surface area contributed by atoms with Crippen LogP contribution in [0.15, 0.2) is 52.9 Å². The molecule has 1 aliphatic carbocycles. The third-order valence-corrected chi connectivity index (χ3v) is 11.2. The van der Waals surface area contributed by atoms with E-state index < -0.39 is 47.4 Å². The number of hydrogen-bond donors (Lipinski definition) is 1. The molecule has 2 unspecified atom stereocenters. The SMILES string of the molecule is C[C@H]1CN(C(=O)OC(C)(C)C)CC[C@@H]1n1c(O[C@@H]2CC(c3nc(C(C)(F)COCCCC(=O)O)nc4c3oc3ccccc34)C[C@H](C(=O)OC(C)(C)C)C2)nc2ccccc21. The van der Waals surface area contributed by atoms with Crippen LogP contribution in [0.25, 0.3) is 33.1 Å². The number of imidazole rings is 1. The number of piperidine rings is 1. The van der Waals surface area contributed by atoms with Crippen molar-refractivity contribution in [2.24, 2.45) is 11.8 Å². The van der Waals surface area contributed by atoms with Crippen LogP contribution in [0.4, 0.5) is 9.18 Å². The fourth-order valence-electron chi connectivity index (χ4n) is 8.52. The maximum absolute atomic E-state index is 16.7. The van der Waals surface area contributed by atoms with Crippen LogP contribution in [-0.2, 0) is 29.5 Å². The number of benzene rings is 2. The van der Waals surface area contributed by atoms with Crippen LogP contribution in [0.1, 0.15) is 117 Å². The van der Waals surface area contributed by atoms with E-state index in [1.807, 2.05) is 90.1 Å². The van der Waals surface area contributed by atoms with Crippen molar-refractivity contribution in [1.29, 1.82) is 0 Å². The third kappa shape index (κ3) is 10.1. The highest BCUT2D eigenvalue weighted by atomic mass is 19.1. The molecule has 328 valence electrons. The Kier molecular flexibility index (Phi) is 12.4. The van der Waals surface area contributed by atoms with E-state index in [2.05, 4.69) is 11.5 Å². The second kappa shape index (κ2) is 17.2. The summed E-state index contributed by atoms with van der Waals surface area (Å²) < 4.78 is 49.5. The number of amides is 1. The lowest BCUT2D eigenvalue weighted by Crippen LogP contribution is -2.45. The number of carbonyl (C=O) groups is 3. The highest BCUT2D eigenvalue weighted by molar-refractivity contribution is 6.03. The van der Waals surface area contributed by atoms with Crippen molar-refractivity contribution in [2.45, 2.75) is 129 Å². The summed E-state index contributed by atoms with van der Waals surface area (Å²) >= 11 is 0. The third-order valence-electron chi connectivity index (χ3n) is 11.2. The summed E-state index contributed by atoms with van der Waals surface area (Å²) in [6.45, 7) is 15.2. The van der Waals surface area contributed by atoms with Gasteiger partial charge in [0, 0.05) is 43.5 Å². The number of ether oxygens (including phenoxy) is 4. The summed E-state index contributed by atoms with van der Waals surface area (Å²) in [5.74, 6) is -2.48. The van der Waals surface area contributed by atoms with Gasteiger partial charge in [-0.3, -0.25) is 14.2 Å². The monoisotopic (exact) mass is 843 g/mol. The van der Waals surface area contributed by atoms with Gasteiger partial charge in [-0.15, -0.1) is 0 Å². The van der Waals surface area contributed by atoms with Crippen LogP contribution in [0.3, 0.4) is 0 Å². The van der Waals surface area contributed by atoms with Crippen molar-refractivity contribution in [3.8, 4) is 6.01 Å². The van der Waals surface area contributed by atoms with Crippen molar-refractivity contribution >= 4 is 51.1 Å². The number of nitrogens with zero attached hydrogens (tertiary/aromatic N) is 5. The Labute approximate surface area is 355 Å². The fourth-order valence-corrected chi connectivity index (χ4v) is 8.52. The molecule has 1 saturated carbocycles. The molecule has 0 radical (unpaired) electrons. The molecule has 2 aromatic carbocycles. The normalized spacial score (nSPS) is 22.3. The molecule has 4 heterocycles. The van der Waals surface area contributed by atoms with E-state index in [-0.39, 0.29) is 49.3 Å². The van der Waals surface area contributed by atoms with Gasteiger partial charge in [0.1, 0.15) is 28.4 Å². The zero-order valence-electron chi connectivity index (χ0n) is 36.4. The second-order valence-electron chi connectivity index (χ2n) is 18.8. The Hall–Kier alpha value is -5.31. The second-order valence-corrected chi connectivity index (χ2v) is 18.8. The molecule has 3 aromatic heterocycles. The molecule has 14 nitrogen and oxygen atoms in total. The molecule has 15 heteroatoms. The van der Waals surface area contributed by atoms with E-state index in [0.29, 0.717) is 72.5 Å². The number of para-hydroxylation sites is 3. The number of carboxylic acids is 1. The van der Waals surface area contributed by atoms with E-state index in [4.69, 9.17) is 43.4 Å². The van der Waals surface area contributed by atoms with Gasteiger partial charge in [0.2, 0.25) is 0 Å². The Bertz CT molecular complexity index is 2400. The molecule has 2 aliphatic rings. The topological polar surface area (TPSA) is 168 Å². The zero-order chi connectivity index (χ0) is 43.9. The van der Waals surface area contributed by atoms with Crippen LogP contribution < -0.4 is 4.74 Å². The molecule has 1 N–H and O–H groups in total. The van der Waals surface area contributed by atoms with E-state index in [0.717, 1.165) is 11.0 Å². The van der Waals surface area contributed by atoms with Crippen molar-refractivity contribution < 1.29 is 47.2 Å². The molecule has 1 saturated heterocycles. The van der Waals surface area contributed by atoms with Crippen molar-refractivity contribution in [2.75, 3.05) is 26.3 Å². The van der Waals surface area contributed by atoms with Crippen molar-refractivity contribution in [3.63, 3.8) is 0 Å². The minimum absolute atomic E-state index is 0.0202. The maximum Gasteiger partial charge on any atom is 0.410 e. The number of aromatic nitrogens is 4. The number of fused-ring (bicyclic) bond motifs is 4. The average Bonchev–Trinajstić information content (AvgIpc) is 3.73. The lowest BCUT2D eigenvalue weighted by Gasteiger charge is -2.39. The van der Waals surface area contributed by atoms with Crippen LogP contribution in [0.5, 0.6) is 6.01 Å². The summed E-state index contributed by atoms with van der Waals surface area (Å²) in [5, 5.41) is 9.72. The van der Waals surface area contributed by atoms with Gasteiger partial charge in [-0.1, -0.05) is 31.2 Å². The van der Waals surface area contributed by atoms with Gasteiger partial charge in [-0.25, -0.2) is 19.2 Å². The standard InChI is InChI=1S/C46H58FN5O9/c1-27-25-51(43(56)61-45(5,6)7)20-19-33(27)52-34-16-11-10-15-32(34)48-42(52)58-30-23-28(22-29(24-30)40(55)60-44(2,3)4)37-39-38(31-14-9-12-17-35(31)59-39)50-41(49-37)46(8,47)26-57-21-13-18-36(53)54/h9-12,14-17,27-30,33H,13,18-26H2,1-8H3,(H,53,54)/t27-,28?,29-,30+,33-,46?/m0/s1. The molecule has 0 spiro atoms. The first-order valence-corrected chi connectivity index (χ1v) is 21.3. The first kappa shape index (κ1) is 43.8. The lowest BCUT2D eigenvalue weighted by molar-refractivity contribution is -0.162. The van der Waals surface area contributed by atoms with Crippen molar-refractivity contribution in [3.05, 3.63) is 60.0 Å². The highest BCUT2D eigenvalue weighted by Crippen LogP contribution is 2.44. The van der Waals surface area contributed by atoms with Crippen LogP contribution >= 0.6 is 0 Å². The molecule has 1 aliphatic heterocycles. The Morgan fingerprint density at radius 1 is 0.918 bits per heavy atom. The number of rotatable bonds is 12. The van der Waals surface area contributed by atoms with Gasteiger partial charge in [0.15, 0.2) is 17.1 Å². The first-order valence-electron chi connectivity index (χ1n) is 21.3. The highest BCUT2D eigenvalue weighted by Gasteiger charge is 2.42. The number of likely N-dealkylation sites (tertiary alicyclic amines) is 1. The zero-order valence-corrected chi connectivity index (χ0v) is 36.4. The number of halogens is 1. The predicted molar refractivity (Wildman–Crippen MR) is 226 cm³/mol. The molecule has 1 amide bonds. The fraction of sp³-hybridized carbons (Fsp3) is 0.565. The number of esters is 1. The van der Waals surface area contributed by atoms with Gasteiger partial charge in [0.25, 0.3) is 6.01 Å². The molecule has 6 atom stereocenters. The maximum atomic E-state index is 16.7. The van der Waals surface area contributed by atoms with E-state index >= 15 is 4.39 Å². The summed E-state index contributed by atoms with van der Waals surface area (Å²) in [5.41, 5.74) is -0.00621. The van der Waals surface area contributed by atoms with Gasteiger partial charge in [-0.2, -0.15) is 4.98 Å². The van der Waals surface area contributed by atoms with E-state index in [1.165, 1.54) is 6.92 Å². The minimum Gasteiger partial charge on any atom is -0.481 e. The first-order chi connectivity index (χ1) is 28.8. The lowest BCUT2D eigenvalue weighted by atomic mass is 9.77. The Balaban J connectivity index is 1.25. The van der Waals surface area contributed by atoms with Gasteiger partial charge >= 0.3 is 18.0 Å². The minimum atomic E-state index is -2.15. The smallest absolute Gasteiger partial charge is 0.410 e. The quantitative estimate of drug-likeness (QED) is 0.0935. The molecule has 5 aromatic rings. The molecule has 7 rings (SSSR count). The molecular weight excluding hydrogens is 786 g/mol. The van der Waals surface area contributed by atoms with Gasteiger partial charge in [0.05, 0.1) is 29.3 Å². The summed E-state index contributed by atoms with van der Waals surface area (Å²) in [6.07, 6.45) is 0.969. The number of hydrogen-bond acceptors (Lipinski definition) is 11. The molecule has 61 heavy (non-hydrogen) atoms. The Morgan fingerprint density at radius 2 is 1.64 bits per heavy atom. The molecule has 2 fully saturated rings. The molecular formula is C46H58FN5O9. The largest absolute Gasteiger partial charge is 0.481 e. The predicted octanol–water partition coefficient (Wildman–Crippen LogP) is 9.28. The summed E-state index contributed by atoms with van der Waals surface area (Å²) in [4.78, 5) is 54.4. The number of carboxylic acid groups (broad SMARTS) is 1. The van der Waals surface area contributed by atoms with Gasteiger partial charge < -0.3 is 33.4 Å². The molecule has 0 bridgehead atoms. The Morgan fingerprint density at radius 3 is 2.36 bits per heavy atom. The van der Waals surface area contributed by atoms with Gasteiger partial charge in [-0.05, 0) is 111 Å². The summed E-state index contributed by atoms with van der Waals surface area (Å²) in [6, 6.07) is 15.6. The van der Waals surface area contributed by atoms with E-state index in [1.54, 1.807) is 4.90 Å². The van der Waals surface area contributed by atoms with Crippen LogP contribution in [0, 0.1) is 11.8 Å². The number of alkyl halides is 1. The van der Waals surface area contributed by atoms with Crippen LogP contribution in [0.2, 0.25) is 0 Å². The van der Waals surface area contributed by atoms with Crippen LogP contribution in [-0.4, -0.2) is 91.2 Å². The number of aliphatic carboxylic acids is 1. The number of carbonyl (C=O) groups excluding carboxylic acids is 2. The number of furan rings is 1. The summed E-state index contributed by atoms with van der Waals surface area (Å²) in [7, 11) is 0. The average molecular weight is 844 g/mol. The van der Waals surface area contributed by atoms with E-state index in [9.17, 15) is 14.4 Å².